The van der Waals surface area contributed by atoms with E-state index in [9.17, 15) is 10.1 Å². The Bertz CT molecular complexity index is 1980. The summed E-state index contributed by atoms with van der Waals surface area (Å²) in [6, 6.07) is 23.4. The Hall–Kier alpha value is -5.03. The molecular weight excluding hydrogens is 488 g/mol. The zero-order valence-electron chi connectivity index (χ0n) is 22.1. The molecule has 0 saturated carbocycles. The lowest BCUT2D eigenvalue weighted by atomic mass is 9.95. The molecule has 0 aliphatic rings. The van der Waals surface area contributed by atoms with Crippen LogP contribution in [0.3, 0.4) is 0 Å². The van der Waals surface area contributed by atoms with Crippen molar-refractivity contribution >= 4 is 21.8 Å². The molecule has 0 spiro atoms. The number of aryl methyl sites for hydroxylation is 1. The van der Waals surface area contributed by atoms with Crippen molar-refractivity contribution in [2.24, 2.45) is 0 Å². The average molecular weight is 515 g/mol. The van der Waals surface area contributed by atoms with Crippen LogP contribution < -0.4 is 5.56 Å². The lowest BCUT2D eigenvalue weighted by Gasteiger charge is -2.20. The first-order valence-corrected chi connectivity index (χ1v) is 12.7. The number of nitriles is 1. The van der Waals surface area contributed by atoms with E-state index in [0.29, 0.717) is 40.5 Å². The highest BCUT2D eigenvalue weighted by Crippen LogP contribution is 2.28. The van der Waals surface area contributed by atoms with Crippen molar-refractivity contribution in [3.8, 4) is 23.1 Å². The molecule has 6 rings (SSSR count). The number of pyridine rings is 1. The first-order chi connectivity index (χ1) is 18.7. The molecule has 39 heavy (non-hydrogen) atoms. The van der Waals surface area contributed by atoms with Crippen LogP contribution in [0.5, 0.6) is 0 Å². The van der Waals surface area contributed by atoms with Crippen LogP contribution in [0.4, 0.5) is 0 Å². The highest BCUT2D eigenvalue weighted by Gasteiger charge is 2.25. The van der Waals surface area contributed by atoms with E-state index in [1.165, 1.54) is 0 Å². The zero-order valence-corrected chi connectivity index (χ0v) is 22.1. The summed E-state index contributed by atoms with van der Waals surface area (Å²) in [6.45, 7) is 8.53. The summed E-state index contributed by atoms with van der Waals surface area (Å²) in [4.78, 5) is 23.1. The van der Waals surface area contributed by atoms with Gasteiger partial charge in [-0.3, -0.25) is 9.36 Å². The second kappa shape index (κ2) is 9.07. The molecule has 0 bridgehead atoms. The molecule has 3 heterocycles. The third kappa shape index (κ3) is 4.38. The van der Waals surface area contributed by atoms with Gasteiger partial charge in [0.2, 0.25) is 11.7 Å². The molecule has 0 aliphatic carbocycles. The fraction of sp³-hybridized carbons (Fsp3) is 0.194. The number of nitrogens with zero attached hydrogens (tertiary/aromatic N) is 6. The fourth-order valence-corrected chi connectivity index (χ4v) is 4.93. The smallest absolute Gasteiger partial charge is 0.281 e. The molecule has 0 aliphatic heterocycles. The Labute approximate surface area is 224 Å². The van der Waals surface area contributed by atoms with Crippen LogP contribution >= 0.6 is 0 Å². The predicted octanol–water partition coefficient (Wildman–Crippen LogP) is 5.92. The minimum atomic E-state index is -0.294. The molecule has 192 valence electrons. The van der Waals surface area contributed by atoms with Crippen molar-refractivity contribution in [1.82, 2.24) is 24.3 Å². The summed E-state index contributed by atoms with van der Waals surface area (Å²) in [6.07, 6.45) is 1.72. The van der Waals surface area contributed by atoms with Crippen molar-refractivity contribution in [1.29, 1.82) is 5.26 Å². The van der Waals surface area contributed by atoms with Crippen LogP contribution in [0.1, 0.15) is 43.6 Å². The van der Waals surface area contributed by atoms with Crippen molar-refractivity contribution in [2.75, 3.05) is 0 Å². The number of hydrogen-bond donors (Lipinski definition) is 0. The molecule has 0 N–H and O–H groups in total. The SMILES string of the molecule is Cc1nc(-c2ccc3ccc(Cn4c(C(C)(C)C)nc5ccn(-c6cccc(C#N)c6)c(=O)c54)cc3c2)no1. The van der Waals surface area contributed by atoms with Crippen LogP contribution in [0.25, 0.3) is 38.9 Å². The molecule has 0 saturated heterocycles. The Morgan fingerprint density at radius 1 is 0.974 bits per heavy atom. The zero-order chi connectivity index (χ0) is 27.3. The maximum Gasteiger partial charge on any atom is 0.281 e. The molecule has 3 aromatic heterocycles. The van der Waals surface area contributed by atoms with E-state index in [2.05, 4.69) is 61.2 Å². The summed E-state index contributed by atoms with van der Waals surface area (Å²) in [5, 5.41) is 15.5. The van der Waals surface area contributed by atoms with E-state index in [0.717, 1.165) is 27.7 Å². The maximum atomic E-state index is 13.9. The first kappa shape index (κ1) is 24.3. The van der Waals surface area contributed by atoms with Gasteiger partial charge in [0.1, 0.15) is 11.3 Å². The number of fused-ring (bicyclic) bond motifs is 2. The second-order valence-electron chi connectivity index (χ2n) is 10.7. The van der Waals surface area contributed by atoms with Gasteiger partial charge in [0.25, 0.3) is 5.56 Å². The van der Waals surface area contributed by atoms with Crippen molar-refractivity contribution in [2.45, 2.75) is 39.7 Å². The number of imidazole rings is 1. The van der Waals surface area contributed by atoms with Gasteiger partial charge in [-0.25, -0.2) is 4.98 Å². The van der Waals surface area contributed by atoms with Crippen LogP contribution in [0, 0.1) is 18.3 Å². The molecule has 3 aromatic carbocycles. The second-order valence-corrected chi connectivity index (χ2v) is 10.7. The average Bonchev–Trinajstić information content (AvgIpc) is 3.52. The van der Waals surface area contributed by atoms with E-state index < -0.39 is 0 Å². The number of benzene rings is 3. The molecule has 0 unspecified atom stereocenters. The van der Waals surface area contributed by atoms with Crippen molar-refractivity contribution in [3.05, 3.63) is 106 Å². The molecule has 0 radical (unpaired) electrons. The third-order valence-electron chi connectivity index (χ3n) is 6.75. The van der Waals surface area contributed by atoms with E-state index in [1.54, 1.807) is 35.9 Å². The van der Waals surface area contributed by atoms with E-state index in [1.807, 2.05) is 28.8 Å². The van der Waals surface area contributed by atoms with E-state index in [4.69, 9.17) is 9.51 Å². The maximum absolute atomic E-state index is 13.9. The standard InChI is InChI=1S/C31H26N6O2/c1-19-33-28(35-39-19)23-11-10-22-9-8-21(14-24(22)16-23)18-37-27-26(34-30(37)31(2,3)4)12-13-36(29(27)38)25-7-5-6-20(15-25)17-32/h5-16H,18H2,1-4H3. The van der Waals surface area contributed by atoms with Crippen molar-refractivity contribution < 1.29 is 4.52 Å². The van der Waals surface area contributed by atoms with Crippen molar-refractivity contribution in [3.63, 3.8) is 0 Å². The fourth-order valence-electron chi connectivity index (χ4n) is 4.93. The number of rotatable bonds is 4. The predicted molar refractivity (Wildman–Crippen MR) is 150 cm³/mol. The molecule has 6 aromatic rings. The molecule has 8 heteroatoms. The van der Waals surface area contributed by atoms with Gasteiger partial charge in [0.15, 0.2) is 0 Å². The number of hydrogen-bond acceptors (Lipinski definition) is 6. The quantitative estimate of drug-likeness (QED) is 0.289. The topological polar surface area (TPSA) is 103 Å². The summed E-state index contributed by atoms with van der Waals surface area (Å²) < 4.78 is 8.76. The van der Waals surface area contributed by atoms with Gasteiger partial charge in [-0.2, -0.15) is 10.2 Å². The number of aromatic nitrogens is 5. The summed E-state index contributed by atoms with van der Waals surface area (Å²) in [5.74, 6) is 1.90. The minimum absolute atomic E-state index is 0.179. The van der Waals surface area contributed by atoms with Gasteiger partial charge in [-0.1, -0.05) is 56.3 Å². The summed E-state index contributed by atoms with van der Waals surface area (Å²) in [7, 11) is 0. The Balaban J connectivity index is 1.49. The Morgan fingerprint density at radius 3 is 2.54 bits per heavy atom. The molecule has 8 nitrogen and oxygen atoms in total. The third-order valence-corrected chi connectivity index (χ3v) is 6.75. The van der Waals surface area contributed by atoms with E-state index in [-0.39, 0.29) is 11.0 Å². The largest absolute Gasteiger partial charge is 0.339 e. The summed E-state index contributed by atoms with van der Waals surface area (Å²) >= 11 is 0. The highest BCUT2D eigenvalue weighted by atomic mass is 16.5. The minimum Gasteiger partial charge on any atom is -0.339 e. The van der Waals surface area contributed by atoms with Crippen LogP contribution in [-0.4, -0.2) is 24.3 Å². The van der Waals surface area contributed by atoms with Gasteiger partial charge < -0.3 is 9.09 Å². The lowest BCUT2D eigenvalue weighted by Crippen LogP contribution is -2.24. The molecule has 0 amide bonds. The monoisotopic (exact) mass is 514 g/mol. The molecular formula is C31H26N6O2. The van der Waals surface area contributed by atoms with Gasteiger partial charge in [0, 0.05) is 36.3 Å². The highest BCUT2D eigenvalue weighted by molar-refractivity contribution is 5.87. The normalized spacial score (nSPS) is 11.8. The molecule has 0 fully saturated rings. The van der Waals surface area contributed by atoms with E-state index >= 15 is 0 Å². The van der Waals surface area contributed by atoms with Gasteiger partial charge in [-0.05, 0) is 52.7 Å². The van der Waals surface area contributed by atoms with Crippen LogP contribution in [0.15, 0.2) is 82.2 Å². The Morgan fingerprint density at radius 2 is 1.79 bits per heavy atom. The van der Waals surface area contributed by atoms with Crippen LogP contribution in [-0.2, 0) is 12.0 Å². The van der Waals surface area contributed by atoms with Crippen LogP contribution in [0.2, 0.25) is 0 Å². The Kier molecular flexibility index (Phi) is 5.65. The van der Waals surface area contributed by atoms with Gasteiger partial charge in [-0.15, -0.1) is 0 Å². The molecule has 0 atom stereocenters. The lowest BCUT2D eigenvalue weighted by molar-refractivity contribution is 0.394. The van der Waals surface area contributed by atoms with Gasteiger partial charge in [0.05, 0.1) is 17.1 Å². The first-order valence-electron chi connectivity index (χ1n) is 12.7. The van der Waals surface area contributed by atoms with Gasteiger partial charge >= 0.3 is 0 Å². The summed E-state index contributed by atoms with van der Waals surface area (Å²) in [5.41, 5.74) is 3.75.